The standard InChI is InChI=1S/C6H14N4O4/c7-9-1-3(10-8)5(13)6(14)4(12)2-11/h1,4-6,11-14H,2,7-8H2/b9-1+,10-3-. The molecular weight excluding hydrogens is 192 g/mol. The van der Waals surface area contributed by atoms with Gasteiger partial charge in [-0.3, -0.25) is 0 Å². The highest BCUT2D eigenvalue weighted by Gasteiger charge is 2.27. The Morgan fingerprint density at radius 2 is 1.86 bits per heavy atom. The lowest BCUT2D eigenvalue weighted by molar-refractivity contribution is -0.0549. The predicted octanol–water partition coefficient (Wildman–Crippen LogP) is -3.68. The number of hydrazone groups is 2. The number of aliphatic hydroxyl groups excluding tert-OH is 4. The van der Waals surface area contributed by atoms with Gasteiger partial charge in [-0.15, -0.1) is 0 Å². The summed E-state index contributed by atoms with van der Waals surface area (Å²) >= 11 is 0. The van der Waals surface area contributed by atoms with Gasteiger partial charge in [-0.25, -0.2) is 0 Å². The van der Waals surface area contributed by atoms with E-state index >= 15 is 0 Å². The number of nitrogens with zero attached hydrogens (tertiary/aromatic N) is 2. The maximum atomic E-state index is 9.33. The molecule has 0 fully saturated rings. The zero-order valence-corrected chi connectivity index (χ0v) is 7.35. The lowest BCUT2D eigenvalue weighted by Crippen LogP contribution is -2.44. The van der Waals surface area contributed by atoms with E-state index in [1.165, 1.54) is 0 Å². The number of nitrogens with two attached hydrogens (primary N) is 2. The SMILES string of the molecule is N/N=C(/C=N/N)C(O)C(O)C(O)CO. The maximum Gasteiger partial charge on any atom is 0.128 e. The van der Waals surface area contributed by atoms with Gasteiger partial charge in [0.1, 0.15) is 24.0 Å². The second-order valence-corrected chi connectivity index (χ2v) is 2.52. The van der Waals surface area contributed by atoms with Gasteiger partial charge in [-0.1, -0.05) is 0 Å². The average Bonchev–Trinajstić information content (AvgIpc) is 2.22. The van der Waals surface area contributed by atoms with Gasteiger partial charge < -0.3 is 32.1 Å². The van der Waals surface area contributed by atoms with Crippen molar-refractivity contribution < 1.29 is 20.4 Å². The molecule has 0 radical (unpaired) electrons. The first-order valence-electron chi connectivity index (χ1n) is 3.74. The first kappa shape index (κ1) is 12.8. The summed E-state index contributed by atoms with van der Waals surface area (Å²) in [5.41, 5.74) is -0.201. The van der Waals surface area contributed by atoms with Crippen molar-refractivity contribution >= 4 is 11.9 Å². The molecule has 0 bridgehead atoms. The van der Waals surface area contributed by atoms with E-state index in [9.17, 15) is 10.2 Å². The molecule has 8 heteroatoms. The molecule has 0 aliphatic heterocycles. The molecule has 0 saturated carbocycles. The van der Waals surface area contributed by atoms with Crippen LogP contribution in [0.2, 0.25) is 0 Å². The van der Waals surface area contributed by atoms with Crippen molar-refractivity contribution in [2.45, 2.75) is 18.3 Å². The molecule has 0 aromatic heterocycles. The molecule has 0 aromatic carbocycles. The van der Waals surface area contributed by atoms with E-state index < -0.39 is 24.9 Å². The zero-order valence-electron chi connectivity index (χ0n) is 7.35. The number of aliphatic hydroxyl groups is 4. The third kappa shape index (κ3) is 3.26. The average molecular weight is 206 g/mol. The molecule has 0 spiro atoms. The van der Waals surface area contributed by atoms with Crippen LogP contribution in [0.15, 0.2) is 10.2 Å². The van der Waals surface area contributed by atoms with Crippen LogP contribution in [-0.2, 0) is 0 Å². The maximum absolute atomic E-state index is 9.33. The van der Waals surface area contributed by atoms with E-state index in [-0.39, 0.29) is 5.71 Å². The van der Waals surface area contributed by atoms with Gasteiger partial charge in [-0.05, 0) is 0 Å². The third-order valence-corrected chi connectivity index (χ3v) is 1.56. The van der Waals surface area contributed by atoms with E-state index in [4.69, 9.17) is 21.9 Å². The minimum Gasteiger partial charge on any atom is -0.394 e. The van der Waals surface area contributed by atoms with Gasteiger partial charge in [0, 0.05) is 0 Å². The summed E-state index contributed by atoms with van der Waals surface area (Å²) in [7, 11) is 0. The van der Waals surface area contributed by atoms with Crippen LogP contribution in [0.4, 0.5) is 0 Å². The second-order valence-electron chi connectivity index (χ2n) is 2.52. The van der Waals surface area contributed by atoms with E-state index in [0.29, 0.717) is 0 Å². The molecule has 8 nitrogen and oxygen atoms in total. The first-order chi connectivity index (χ1) is 6.58. The molecule has 8 N–H and O–H groups in total. The fourth-order valence-electron chi connectivity index (χ4n) is 0.756. The number of rotatable bonds is 5. The lowest BCUT2D eigenvalue weighted by Gasteiger charge is -2.20. The van der Waals surface area contributed by atoms with Crippen molar-refractivity contribution in [3.05, 3.63) is 0 Å². The van der Waals surface area contributed by atoms with Crippen molar-refractivity contribution in [1.29, 1.82) is 0 Å². The molecule has 0 aliphatic rings. The summed E-state index contributed by atoms with van der Waals surface area (Å²) in [5.74, 6) is 9.65. The number of hydrogen-bond acceptors (Lipinski definition) is 8. The van der Waals surface area contributed by atoms with E-state index in [0.717, 1.165) is 6.21 Å². The summed E-state index contributed by atoms with van der Waals surface area (Å²) in [6, 6.07) is 0. The summed E-state index contributed by atoms with van der Waals surface area (Å²) in [5, 5.41) is 42.2. The van der Waals surface area contributed by atoms with Crippen LogP contribution in [0.1, 0.15) is 0 Å². The van der Waals surface area contributed by atoms with Gasteiger partial charge in [-0.2, -0.15) is 10.2 Å². The first-order valence-corrected chi connectivity index (χ1v) is 3.74. The smallest absolute Gasteiger partial charge is 0.128 e. The fraction of sp³-hybridized carbons (Fsp3) is 0.667. The lowest BCUT2D eigenvalue weighted by atomic mass is 10.0. The summed E-state index contributed by atoms with van der Waals surface area (Å²) in [6.07, 6.45) is -3.74. The highest BCUT2D eigenvalue weighted by molar-refractivity contribution is 6.32. The molecule has 0 aliphatic carbocycles. The molecule has 0 heterocycles. The van der Waals surface area contributed by atoms with Crippen LogP contribution >= 0.6 is 0 Å². The van der Waals surface area contributed by atoms with Gasteiger partial charge in [0.15, 0.2) is 0 Å². The molecular formula is C6H14N4O4. The minimum atomic E-state index is -1.61. The van der Waals surface area contributed by atoms with Crippen molar-refractivity contribution in [2.24, 2.45) is 21.9 Å². The van der Waals surface area contributed by atoms with Gasteiger partial charge in [0.05, 0.1) is 12.8 Å². The molecule has 82 valence electrons. The van der Waals surface area contributed by atoms with Gasteiger partial charge >= 0.3 is 0 Å². The van der Waals surface area contributed by atoms with Crippen LogP contribution in [0.25, 0.3) is 0 Å². The molecule has 14 heavy (non-hydrogen) atoms. The van der Waals surface area contributed by atoms with Gasteiger partial charge in [0.2, 0.25) is 0 Å². The topological polar surface area (TPSA) is 158 Å². The summed E-state index contributed by atoms with van der Waals surface area (Å²) < 4.78 is 0. The normalized spacial score (nSPS) is 19.6. The Labute approximate surface area is 80.2 Å². The van der Waals surface area contributed by atoms with Crippen LogP contribution in [-0.4, -0.2) is 57.3 Å². The third-order valence-electron chi connectivity index (χ3n) is 1.56. The van der Waals surface area contributed by atoms with Crippen molar-refractivity contribution in [3.8, 4) is 0 Å². The van der Waals surface area contributed by atoms with Crippen molar-refractivity contribution in [2.75, 3.05) is 6.61 Å². The predicted molar refractivity (Wildman–Crippen MR) is 49.4 cm³/mol. The Balaban J connectivity index is 4.50. The monoisotopic (exact) mass is 206 g/mol. The molecule has 0 saturated heterocycles. The van der Waals surface area contributed by atoms with Gasteiger partial charge in [0.25, 0.3) is 0 Å². The molecule has 0 amide bonds. The summed E-state index contributed by atoms with van der Waals surface area (Å²) in [4.78, 5) is 0. The molecule has 3 unspecified atom stereocenters. The molecule has 3 atom stereocenters. The van der Waals surface area contributed by atoms with Crippen LogP contribution in [0.5, 0.6) is 0 Å². The quantitative estimate of drug-likeness (QED) is 0.154. The highest BCUT2D eigenvalue weighted by Crippen LogP contribution is 2.01. The van der Waals surface area contributed by atoms with E-state index in [2.05, 4.69) is 10.2 Å². The molecule has 0 rings (SSSR count). The largest absolute Gasteiger partial charge is 0.394 e. The van der Waals surface area contributed by atoms with Crippen LogP contribution in [0, 0.1) is 0 Å². The number of hydrogen-bond donors (Lipinski definition) is 6. The minimum absolute atomic E-state index is 0.201. The highest BCUT2D eigenvalue weighted by atomic mass is 16.4. The Kier molecular flexibility index (Phi) is 5.72. The zero-order chi connectivity index (χ0) is 11.1. The van der Waals surface area contributed by atoms with Crippen LogP contribution in [0.3, 0.4) is 0 Å². The molecule has 0 aromatic rings. The summed E-state index contributed by atoms with van der Waals surface area (Å²) in [6.45, 7) is -0.699. The second kappa shape index (κ2) is 6.27. The van der Waals surface area contributed by atoms with Crippen molar-refractivity contribution in [1.82, 2.24) is 0 Å². The van der Waals surface area contributed by atoms with Crippen LogP contribution < -0.4 is 11.7 Å². The van der Waals surface area contributed by atoms with E-state index in [1.54, 1.807) is 0 Å². The van der Waals surface area contributed by atoms with E-state index in [1.807, 2.05) is 0 Å². The fourth-order valence-corrected chi connectivity index (χ4v) is 0.756. The Bertz CT molecular complexity index is 220. The Morgan fingerprint density at radius 3 is 2.21 bits per heavy atom. The Morgan fingerprint density at radius 1 is 1.29 bits per heavy atom. The van der Waals surface area contributed by atoms with Crippen molar-refractivity contribution in [3.63, 3.8) is 0 Å². The Hall–Kier alpha value is -1.22.